The summed E-state index contributed by atoms with van der Waals surface area (Å²) in [5.41, 5.74) is 2.24. The normalized spacial score (nSPS) is 13.3. The number of aryl methyl sites for hydroxylation is 2. The monoisotopic (exact) mass is 542 g/mol. The van der Waals surface area contributed by atoms with Gasteiger partial charge in [-0.2, -0.15) is 0 Å². The molecule has 2 aromatic rings. The first-order chi connectivity index (χ1) is 14.7. The Morgan fingerprint density at radius 2 is 2.06 bits per heavy atom. The van der Waals surface area contributed by atoms with Gasteiger partial charge in [-0.15, -0.1) is 34.2 Å². The molecule has 0 spiro atoms. The third-order valence-corrected chi connectivity index (χ3v) is 5.07. The number of aromatic nitrogens is 3. The minimum absolute atomic E-state index is 0. The first-order valence-electron chi connectivity index (χ1n) is 10.9. The summed E-state index contributed by atoms with van der Waals surface area (Å²) in [6.07, 6.45) is 4.26. The van der Waals surface area contributed by atoms with E-state index in [1.165, 1.54) is 18.4 Å². The van der Waals surface area contributed by atoms with E-state index in [9.17, 15) is 0 Å². The van der Waals surface area contributed by atoms with Gasteiger partial charge in [0, 0.05) is 45.2 Å². The fraction of sp³-hybridized carbons (Fsp3) is 0.591. The van der Waals surface area contributed by atoms with Crippen LogP contribution in [-0.4, -0.2) is 47.6 Å². The van der Waals surface area contributed by atoms with Gasteiger partial charge < -0.3 is 24.7 Å². The lowest BCUT2D eigenvalue weighted by atomic mass is 10.1. The predicted molar refractivity (Wildman–Crippen MR) is 133 cm³/mol. The highest BCUT2D eigenvalue weighted by Gasteiger charge is 2.15. The maximum absolute atomic E-state index is 5.98. The highest BCUT2D eigenvalue weighted by molar-refractivity contribution is 14.0. The van der Waals surface area contributed by atoms with Crippen molar-refractivity contribution in [2.24, 2.45) is 4.99 Å². The number of hydrogen-bond acceptors (Lipinski definition) is 5. The van der Waals surface area contributed by atoms with E-state index in [0.29, 0.717) is 26.3 Å². The molecule has 0 bridgehead atoms. The second-order valence-electron chi connectivity index (χ2n) is 7.50. The fourth-order valence-electron chi connectivity index (χ4n) is 3.48. The van der Waals surface area contributed by atoms with Gasteiger partial charge in [0.2, 0.25) is 0 Å². The second kappa shape index (κ2) is 13.5. The lowest BCUT2D eigenvalue weighted by Crippen LogP contribution is -2.37. The van der Waals surface area contributed by atoms with Crippen molar-refractivity contribution in [3.8, 4) is 5.75 Å². The predicted octanol–water partition coefficient (Wildman–Crippen LogP) is 3.21. The van der Waals surface area contributed by atoms with Crippen LogP contribution in [0, 0.1) is 6.92 Å². The third-order valence-electron chi connectivity index (χ3n) is 5.07. The highest BCUT2D eigenvalue weighted by atomic mass is 127. The number of benzene rings is 1. The Labute approximate surface area is 202 Å². The van der Waals surface area contributed by atoms with Gasteiger partial charge in [0.15, 0.2) is 11.8 Å². The van der Waals surface area contributed by atoms with Crippen LogP contribution >= 0.6 is 24.0 Å². The lowest BCUT2D eigenvalue weighted by Gasteiger charge is -2.16. The zero-order valence-corrected chi connectivity index (χ0v) is 21.1. The molecule has 8 nitrogen and oxygen atoms in total. The molecular weight excluding hydrogens is 507 g/mol. The average Bonchev–Trinajstić information content (AvgIpc) is 3.17. The Kier molecular flexibility index (Phi) is 11.1. The highest BCUT2D eigenvalue weighted by Crippen LogP contribution is 2.21. The van der Waals surface area contributed by atoms with Gasteiger partial charge in [0.25, 0.3) is 0 Å². The third kappa shape index (κ3) is 7.64. The number of guanidine groups is 1. The number of rotatable bonds is 10. The lowest BCUT2D eigenvalue weighted by molar-refractivity contribution is 0.172. The molecule has 0 aliphatic carbocycles. The maximum Gasteiger partial charge on any atom is 0.191 e. The maximum atomic E-state index is 5.98. The molecule has 1 aliphatic rings. The molecular formula is C22H35IN6O2. The molecule has 0 amide bonds. The van der Waals surface area contributed by atoms with Crippen molar-refractivity contribution in [2.45, 2.75) is 59.2 Å². The standard InChI is InChI=1S/C22H34N6O2.HI/c1-4-23-22(25-16-21-27-26-20-8-5-6-11-28(20)21)24-15-18-10-9-17(2)14-19(18)30-13-7-12-29-3;/h9-10,14H,4-8,11-13,15-16H2,1-3H3,(H2,23,24,25);1H. The topological polar surface area (TPSA) is 85.6 Å². The van der Waals surface area contributed by atoms with Crippen LogP contribution < -0.4 is 15.4 Å². The van der Waals surface area contributed by atoms with Crippen LogP contribution in [0.2, 0.25) is 0 Å². The molecule has 0 saturated heterocycles. The summed E-state index contributed by atoms with van der Waals surface area (Å²) in [5, 5.41) is 15.4. The summed E-state index contributed by atoms with van der Waals surface area (Å²) in [6.45, 7) is 8.38. The second-order valence-corrected chi connectivity index (χ2v) is 7.50. The van der Waals surface area contributed by atoms with E-state index >= 15 is 0 Å². The van der Waals surface area contributed by atoms with Crippen molar-refractivity contribution in [2.75, 3.05) is 26.9 Å². The van der Waals surface area contributed by atoms with E-state index in [4.69, 9.17) is 14.5 Å². The van der Waals surface area contributed by atoms with Crippen LogP contribution in [-0.2, 0) is 30.8 Å². The van der Waals surface area contributed by atoms with Gasteiger partial charge in [-0.25, -0.2) is 4.99 Å². The average molecular weight is 542 g/mol. The molecule has 0 radical (unpaired) electrons. The number of fused-ring (bicyclic) bond motifs is 1. The molecule has 0 fully saturated rings. The molecule has 1 aliphatic heterocycles. The number of ether oxygens (including phenoxy) is 2. The Hall–Kier alpha value is -1.88. The SMILES string of the molecule is CCNC(=NCc1ccc(C)cc1OCCCOC)NCc1nnc2n1CCCC2.I. The van der Waals surface area contributed by atoms with Gasteiger partial charge in [0.1, 0.15) is 11.6 Å². The van der Waals surface area contributed by atoms with E-state index < -0.39 is 0 Å². The minimum atomic E-state index is 0. The van der Waals surface area contributed by atoms with Gasteiger partial charge >= 0.3 is 0 Å². The number of aliphatic imine (C=N–C) groups is 1. The molecule has 0 atom stereocenters. The summed E-state index contributed by atoms with van der Waals surface area (Å²) < 4.78 is 13.3. The number of nitrogens with zero attached hydrogens (tertiary/aromatic N) is 4. The zero-order valence-electron chi connectivity index (χ0n) is 18.8. The number of nitrogens with one attached hydrogen (secondary N) is 2. The fourth-order valence-corrected chi connectivity index (χ4v) is 3.48. The van der Waals surface area contributed by atoms with Crippen LogP contribution in [0.4, 0.5) is 0 Å². The molecule has 1 aromatic heterocycles. The van der Waals surface area contributed by atoms with Gasteiger partial charge in [0.05, 0.1) is 19.7 Å². The van der Waals surface area contributed by atoms with E-state index in [1.54, 1.807) is 7.11 Å². The van der Waals surface area contributed by atoms with Crippen molar-refractivity contribution in [3.05, 3.63) is 41.0 Å². The zero-order chi connectivity index (χ0) is 21.2. The summed E-state index contributed by atoms with van der Waals surface area (Å²) in [5.74, 6) is 3.71. The van der Waals surface area contributed by atoms with E-state index in [0.717, 1.165) is 54.9 Å². The van der Waals surface area contributed by atoms with E-state index in [-0.39, 0.29) is 24.0 Å². The van der Waals surface area contributed by atoms with Crippen LogP contribution in [0.25, 0.3) is 0 Å². The van der Waals surface area contributed by atoms with Crippen LogP contribution in [0.1, 0.15) is 49.0 Å². The number of methoxy groups -OCH3 is 1. The summed E-state index contributed by atoms with van der Waals surface area (Å²) in [6, 6.07) is 6.25. The molecule has 2 N–H and O–H groups in total. The first kappa shape index (κ1) is 25.4. The Balaban J connectivity index is 0.00000341. The summed E-state index contributed by atoms with van der Waals surface area (Å²) in [7, 11) is 1.71. The molecule has 1 aromatic carbocycles. The first-order valence-corrected chi connectivity index (χ1v) is 10.9. The summed E-state index contributed by atoms with van der Waals surface area (Å²) >= 11 is 0. The van der Waals surface area contributed by atoms with E-state index in [2.05, 4.69) is 57.4 Å². The summed E-state index contributed by atoms with van der Waals surface area (Å²) in [4.78, 5) is 4.76. The van der Waals surface area contributed by atoms with Crippen molar-refractivity contribution in [3.63, 3.8) is 0 Å². The quantitative estimate of drug-likeness (QED) is 0.208. The van der Waals surface area contributed by atoms with Crippen molar-refractivity contribution in [1.29, 1.82) is 0 Å². The minimum Gasteiger partial charge on any atom is -0.493 e. The largest absolute Gasteiger partial charge is 0.493 e. The molecule has 3 rings (SSSR count). The molecule has 31 heavy (non-hydrogen) atoms. The van der Waals surface area contributed by atoms with Crippen LogP contribution in [0.15, 0.2) is 23.2 Å². The molecule has 9 heteroatoms. The van der Waals surface area contributed by atoms with Gasteiger partial charge in [-0.3, -0.25) is 0 Å². The molecule has 172 valence electrons. The van der Waals surface area contributed by atoms with Crippen LogP contribution in [0.3, 0.4) is 0 Å². The molecule has 0 unspecified atom stereocenters. The number of halogens is 1. The van der Waals surface area contributed by atoms with Crippen molar-refractivity contribution < 1.29 is 9.47 Å². The van der Waals surface area contributed by atoms with Gasteiger partial charge in [-0.1, -0.05) is 12.1 Å². The van der Waals surface area contributed by atoms with Gasteiger partial charge in [-0.05, 0) is 38.3 Å². The van der Waals surface area contributed by atoms with Crippen molar-refractivity contribution in [1.82, 2.24) is 25.4 Å². The van der Waals surface area contributed by atoms with E-state index in [1.807, 2.05) is 0 Å². The number of hydrogen-bond donors (Lipinski definition) is 2. The smallest absolute Gasteiger partial charge is 0.191 e. The Morgan fingerprint density at radius 3 is 2.87 bits per heavy atom. The van der Waals surface area contributed by atoms with Crippen molar-refractivity contribution >= 4 is 29.9 Å². The Bertz CT molecular complexity index is 839. The molecule has 2 heterocycles. The Morgan fingerprint density at radius 1 is 1.19 bits per heavy atom. The van der Waals surface area contributed by atoms with Crippen LogP contribution in [0.5, 0.6) is 5.75 Å². The molecule has 0 saturated carbocycles.